The van der Waals surface area contributed by atoms with E-state index < -0.39 is 0 Å². The molecule has 0 spiro atoms. The molecule has 3 nitrogen and oxygen atoms in total. The maximum atomic E-state index is 12.3. The standard InChI is InChI=1S/C17H25NO2/c1-17(2,3)16(18)11-13(19)10-12-8-9-20-15-7-5-4-6-14(12)15/h4-7,12,16H,8-11,18H2,1-3H3. The van der Waals surface area contributed by atoms with Gasteiger partial charge in [0.2, 0.25) is 0 Å². The molecule has 2 atom stereocenters. The zero-order valence-corrected chi connectivity index (χ0v) is 12.7. The molecule has 1 aromatic carbocycles. The first-order valence-corrected chi connectivity index (χ1v) is 7.37. The van der Waals surface area contributed by atoms with Crippen molar-refractivity contribution in [2.45, 2.75) is 52.0 Å². The Kier molecular flexibility index (Phi) is 4.48. The van der Waals surface area contributed by atoms with Crippen molar-refractivity contribution in [3.63, 3.8) is 0 Å². The zero-order chi connectivity index (χ0) is 14.8. The average molecular weight is 275 g/mol. The molecule has 0 saturated carbocycles. The van der Waals surface area contributed by atoms with Crippen LogP contribution in [0.25, 0.3) is 0 Å². The van der Waals surface area contributed by atoms with Gasteiger partial charge in [-0.25, -0.2) is 0 Å². The van der Waals surface area contributed by atoms with E-state index in [1.54, 1.807) is 0 Å². The van der Waals surface area contributed by atoms with Crippen LogP contribution >= 0.6 is 0 Å². The van der Waals surface area contributed by atoms with Gasteiger partial charge in [0.1, 0.15) is 11.5 Å². The molecule has 110 valence electrons. The van der Waals surface area contributed by atoms with Crippen LogP contribution in [0, 0.1) is 5.41 Å². The van der Waals surface area contributed by atoms with Crippen molar-refractivity contribution in [2.75, 3.05) is 6.61 Å². The lowest BCUT2D eigenvalue weighted by atomic mass is 9.82. The third kappa shape index (κ3) is 3.60. The highest BCUT2D eigenvalue weighted by molar-refractivity contribution is 5.80. The topological polar surface area (TPSA) is 52.3 Å². The number of fused-ring (bicyclic) bond motifs is 1. The molecule has 0 aromatic heterocycles. The molecular weight excluding hydrogens is 250 g/mol. The van der Waals surface area contributed by atoms with Gasteiger partial charge in [0, 0.05) is 18.9 Å². The Morgan fingerprint density at radius 3 is 2.80 bits per heavy atom. The number of hydrogen-bond acceptors (Lipinski definition) is 3. The average Bonchev–Trinajstić information content (AvgIpc) is 2.38. The van der Waals surface area contributed by atoms with Gasteiger partial charge in [0.05, 0.1) is 6.61 Å². The number of carbonyl (C=O) groups is 1. The first-order valence-electron chi connectivity index (χ1n) is 7.37. The minimum atomic E-state index is -0.0786. The van der Waals surface area contributed by atoms with Gasteiger partial charge in [-0.15, -0.1) is 0 Å². The summed E-state index contributed by atoms with van der Waals surface area (Å²) in [5.41, 5.74) is 7.24. The van der Waals surface area contributed by atoms with Crippen LogP contribution in [0.2, 0.25) is 0 Å². The quantitative estimate of drug-likeness (QED) is 0.917. The van der Waals surface area contributed by atoms with E-state index in [4.69, 9.17) is 10.5 Å². The fourth-order valence-corrected chi connectivity index (χ4v) is 2.54. The van der Waals surface area contributed by atoms with Gasteiger partial charge < -0.3 is 10.5 Å². The maximum Gasteiger partial charge on any atom is 0.135 e. The normalized spacial score (nSPS) is 19.9. The lowest BCUT2D eigenvalue weighted by Gasteiger charge is -2.28. The van der Waals surface area contributed by atoms with Gasteiger partial charge in [-0.05, 0) is 29.4 Å². The summed E-state index contributed by atoms with van der Waals surface area (Å²) < 4.78 is 5.63. The highest BCUT2D eigenvalue weighted by Crippen LogP contribution is 2.36. The Morgan fingerprint density at radius 2 is 2.10 bits per heavy atom. The second-order valence-corrected chi connectivity index (χ2v) is 6.79. The predicted octanol–water partition coefficient (Wildman–Crippen LogP) is 3.28. The molecule has 0 bridgehead atoms. The monoisotopic (exact) mass is 275 g/mol. The largest absolute Gasteiger partial charge is 0.493 e. The summed E-state index contributed by atoms with van der Waals surface area (Å²) in [5, 5.41) is 0. The van der Waals surface area contributed by atoms with Crippen LogP contribution in [0.5, 0.6) is 5.75 Å². The Hall–Kier alpha value is -1.35. The number of hydrogen-bond donors (Lipinski definition) is 1. The van der Waals surface area contributed by atoms with Crippen LogP contribution in [0.1, 0.15) is 51.5 Å². The number of para-hydroxylation sites is 1. The second-order valence-electron chi connectivity index (χ2n) is 6.79. The molecular formula is C17H25NO2. The van der Waals surface area contributed by atoms with Crippen LogP contribution in [-0.2, 0) is 4.79 Å². The number of rotatable bonds is 4. The first kappa shape index (κ1) is 15.0. The molecule has 0 radical (unpaired) electrons. The fourth-order valence-electron chi connectivity index (χ4n) is 2.54. The number of ether oxygens (including phenoxy) is 1. The summed E-state index contributed by atoms with van der Waals surface area (Å²) in [6.07, 6.45) is 1.95. The summed E-state index contributed by atoms with van der Waals surface area (Å²) in [7, 11) is 0. The highest BCUT2D eigenvalue weighted by Gasteiger charge is 2.27. The third-order valence-electron chi connectivity index (χ3n) is 4.12. The number of benzene rings is 1. The van der Waals surface area contributed by atoms with Crippen molar-refractivity contribution in [3.05, 3.63) is 29.8 Å². The molecule has 0 saturated heterocycles. The van der Waals surface area contributed by atoms with Gasteiger partial charge >= 0.3 is 0 Å². The maximum absolute atomic E-state index is 12.3. The Labute approximate surface area is 121 Å². The minimum Gasteiger partial charge on any atom is -0.493 e. The molecule has 1 heterocycles. The van der Waals surface area contributed by atoms with Crippen LogP contribution < -0.4 is 10.5 Å². The van der Waals surface area contributed by atoms with Crippen molar-refractivity contribution in [1.29, 1.82) is 0 Å². The fraction of sp³-hybridized carbons (Fsp3) is 0.588. The molecule has 2 unspecified atom stereocenters. The van der Waals surface area contributed by atoms with Crippen molar-refractivity contribution in [1.82, 2.24) is 0 Å². The Morgan fingerprint density at radius 1 is 1.40 bits per heavy atom. The molecule has 20 heavy (non-hydrogen) atoms. The SMILES string of the molecule is CC(C)(C)C(N)CC(=O)CC1CCOc2ccccc21. The summed E-state index contributed by atoms with van der Waals surface area (Å²) in [6.45, 7) is 6.93. The number of ketones is 1. The molecule has 0 fully saturated rings. The third-order valence-corrected chi connectivity index (χ3v) is 4.12. The summed E-state index contributed by atoms with van der Waals surface area (Å²) in [6, 6.07) is 7.94. The van der Waals surface area contributed by atoms with Crippen LogP contribution in [-0.4, -0.2) is 18.4 Å². The molecule has 0 amide bonds. The predicted molar refractivity (Wildman–Crippen MR) is 81.0 cm³/mol. The van der Waals surface area contributed by atoms with E-state index in [0.29, 0.717) is 19.4 Å². The second kappa shape index (κ2) is 5.96. The Balaban J connectivity index is 1.99. The van der Waals surface area contributed by atoms with Gasteiger partial charge in [0.15, 0.2) is 0 Å². The van der Waals surface area contributed by atoms with E-state index in [9.17, 15) is 4.79 Å². The molecule has 2 N–H and O–H groups in total. The molecule has 1 aliphatic rings. The van der Waals surface area contributed by atoms with Gasteiger partial charge in [-0.2, -0.15) is 0 Å². The van der Waals surface area contributed by atoms with Crippen molar-refractivity contribution in [2.24, 2.45) is 11.1 Å². The lowest BCUT2D eigenvalue weighted by molar-refractivity contribution is -0.120. The minimum absolute atomic E-state index is 0.0246. The first-order chi connectivity index (χ1) is 9.38. The van der Waals surface area contributed by atoms with E-state index in [1.165, 1.54) is 0 Å². The van der Waals surface area contributed by atoms with E-state index in [2.05, 4.69) is 26.8 Å². The Bertz CT molecular complexity index is 476. The van der Waals surface area contributed by atoms with Crippen LogP contribution in [0.15, 0.2) is 24.3 Å². The van der Waals surface area contributed by atoms with Crippen molar-refractivity contribution >= 4 is 5.78 Å². The number of Topliss-reactive ketones (excluding diaryl/α,β-unsaturated/α-hetero) is 1. The van der Waals surface area contributed by atoms with Crippen LogP contribution in [0.3, 0.4) is 0 Å². The van der Waals surface area contributed by atoms with E-state index in [-0.39, 0.29) is 23.2 Å². The lowest BCUT2D eigenvalue weighted by Crippen LogP contribution is -2.37. The molecule has 1 aromatic rings. The van der Waals surface area contributed by atoms with Gasteiger partial charge in [-0.1, -0.05) is 39.0 Å². The smallest absolute Gasteiger partial charge is 0.135 e. The van der Waals surface area contributed by atoms with Crippen LogP contribution in [0.4, 0.5) is 0 Å². The highest BCUT2D eigenvalue weighted by atomic mass is 16.5. The molecule has 0 aliphatic carbocycles. The number of carbonyl (C=O) groups excluding carboxylic acids is 1. The zero-order valence-electron chi connectivity index (χ0n) is 12.7. The molecule has 3 heteroatoms. The number of nitrogens with two attached hydrogens (primary N) is 1. The van der Waals surface area contributed by atoms with E-state index in [0.717, 1.165) is 17.7 Å². The van der Waals surface area contributed by atoms with Crippen molar-refractivity contribution in [3.8, 4) is 5.75 Å². The van der Waals surface area contributed by atoms with E-state index >= 15 is 0 Å². The molecule has 1 aliphatic heterocycles. The van der Waals surface area contributed by atoms with Crippen molar-refractivity contribution < 1.29 is 9.53 Å². The molecule has 2 rings (SSSR count). The summed E-state index contributed by atoms with van der Waals surface area (Å²) in [5.74, 6) is 1.46. The van der Waals surface area contributed by atoms with Gasteiger partial charge in [-0.3, -0.25) is 4.79 Å². The summed E-state index contributed by atoms with van der Waals surface area (Å²) >= 11 is 0. The van der Waals surface area contributed by atoms with Gasteiger partial charge in [0.25, 0.3) is 0 Å². The summed E-state index contributed by atoms with van der Waals surface area (Å²) in [4.78, 5) is 12.3. The van der Waals surface area contributed by atoms with E-state index in [1.807, 2.05) is 18.2 Å².